The van der Waals surface area contributed by atoms with Crippen molar-refractivity contribution in [3.05, 3.63) is 71.9 Å². The van der Waals surface area contributed by atoms with Crippen molar-refractivity contribution in [2.75, 3.05) is 12.4 Å². The summed E-state index contributed by atoms with van der Waals surface area (Å²) in [4.78, 5) is 18.0. The van der Waals surface area contributed by atoms with Crippen molar-refractivity contribution >= 4 is 27.9 Å². The number of hydrogen-bond donors (Lipinski definition) is 1. The summed E-state index contributed by atoms with van der Waals surface area (Å²) in [7, 11) is 1.58. The van der Waals surface area contributed by atoms with Crippen molar-refractivity contribution in [1.82, 2.24) is 9.38 Å². The lowest BCUT2D eigenvalue weighted by atomic mass is 10.1. The van der Waals surface area contributed by atoms with Crippen LogP contribution in [-0.4, -0.2) is 22.4 Å². The minimum Gasteiger partial charge on any atom is -0.497 e. The summed E-state index contributed by atoms with van der Waals surface area (Å²) in [6.45, 7) is 0. The average Bonchev–Trinajstić information content (AvgIpc) is 3.24. The van der Waals surface area contributed by atoms with E-state index in [4.69, 9.17) is 4.74 Å². The lowest BCUT2D eigenvalue weighted by Crippen LogP contribution is -2.11. The van der Waals surface area contributed by atoms with Gasteiger partial charge < -0.3 is 10.1 Å². The van der Waals surface area contributed by atoms with E-state index in [-0.39, 0.29) is 5.91 Å². The lowest BCUT2D eigenvalue weighted by molar-refractivity contribution is 0.102. The van der Waals surface area contributed by atoms with Crippen molar-refractivity contribution in [1.29, 1.82) is 0 Å². The first kappa shape index (κ1) is 15.4. The van der Waals surface area contributed by atoms with E-state index in [1.807, 2.05) is 52.5 Å². The molecular formula is C19H15N3O2S. The fraction of sp³-hybridized carbons (Fsp3) is 0.0526. The number of benzene rings is 2. The first-order chi connectivity index (χ1) is 12.2. The van der Waals surface area contributed by atoms with Gasteiger partial charge in [0.2, 0.25) is 0 Å². The smallest absolute Gasteiger partial charge is 0.255 e. The van der Waals surface area contributed by atoms with Crippen LogP contribution in [0, 0.1) is 0 Å². The number of carbonyl (C=O) groups excluding carboxylic acids is 1. The van der Waals surface area contributed by atoms with Crippen LogP contribution >= 0.6 is 11.3 Å². The predicted molar refractivity (Wildman–Crippen MR) is 99.5 cm³/mol. The monoisotopic (exact) mass is 349 g/mol. The molecule has 1 N–H and O–H groups in total. The molecule has 0 unspecified atom stereocenters. The Labute approximate surface area is 148 Å². The second kappa shape index (κ2) is 6.41. The molecule has 0 spiro atoms. The minimum atomic E-state index is -0.179. The lowest BCUT2D eigenvalue weighted by Gasteiger charge is -2.08. The Bertz CT molecular complexity index is 1020. The first-order valence-corrected chi connectivity index (χ1v) is 8.59. The molecule has 2 aromatic carbocycles. The van der Waals surface area contributed by atoms with Crippen LogP contribution in [0.1, 0.15) is 10.4 Å². The van der Waals surface area contributed by atoms with Gasteiger partial charge >= 0.3 is 0 Å². The van der Waals surface area contributed by atoms with Gasteiger partial charge in [-0.1, -0.05) is 18.2 Å². The molecule has 0 radical (unpaired) electrons. The molecular weight excluding hydrogens is 334 g/mol. The number of fused-ring (bicyclic) bond motifs is 1. The predicted octanol–water partition coefficient (Wildman–Crippen LogP) is 4.32. The van der Waals surface area contributed by atoms with Gasteiger partial charge in [-0.15, -0.1) is 11.3 Å². The van der Waals surface area contributed by atoms with Crippen LogP contribution in [0.5, 0.6) is 5.75 Å². The molecule has 4 rings (SSSR count). The maximum Gasteiger partial charge on any atom is 0.255 e. The summed E-state index contributed by atoms with van der Waals surface area (Å²) in [6.07, 6.45) is 3.96. The van der Waals surface area contributed by atoms with Gasteiger partial charge in [-0.3, -0.25) is 9.20 Å². The van der Waals surface area contributed by atoms with Crippen molar-refractivity contribution < 1.29 is 9.53 Å². The second-order valence-corrected chi connectivity index (χ2v) is 6.36. The van der Waals surface area contributed by atoms with Gasteiger partial charge in [0.05, 0.1) is 12.8 Å². The van der Waals surface area contributed by atoms with E-state index >= 15 is 0 Å². The highest BCUT2D eigenvalue weighted by molar-refractivity contribution is 7.15. The van der Waals surface area contributed by atoms with E-state index in [0.29, 0.717) is 11.3 Å². The molecule has 0 aliphatic heterocycles. The molecule has 0 aliphatic carbocycles. The molecule has 5 nitrogen and oxygen atoms in total. The Kier molecular flexibility index (Phi) is 3.95. The number of rotatable bonds is 4. The van der Waals surface area contributed by atoms with Crippen molar-refractivity contribution in [3.8, 4) is 17.0 Å². The van der Waals surface area contributed by atoms with Crippen LogP contribution in [-0.2, 0) is 0 Å². The molecule has 4 aromatic rings. The number of nitrogens with zero attached hydrogens (tertiary/aromatic N) is 2. The maximum absolute atomic E-state index is 12.4. The number of amides is 1. The standard InChI is InChI=1S/C19H15N3O2S/c1-24-16-7-3-5-14(11-16)18(23)20-15-6-2-4-13(10-15)17-12-22-8-9-25-19(22)21-17/h2-12H,1H3,(H,20,23). The zero-order valence-electron chi connectivity index (χ0n) is 13.5. The third-order valence-electron chi connectivity index (χ3n) is 3.84. The highest BCUT2D eigenvalue weighted by atomic mass is 32.1. The summed E-state index contributed by atoms with van der Waals surface area (Å²) >= 11 is 1.59. The Balaban J connectivity index is 1.58. The van der Waals surface area contributed by atoms with Gasteiger partial charge in [0, 0.05) is 34.6 Å². The van der Waals surface area contributed by atoms with Crippen LogP contribution in [0.15, 0.2) is 66.3 Å². The number of carbonyl (C=O) groups is 1. The molecule has 2 heterocycles. The van der Waals surface area contributed by atoms with Gasteiger partial charge in [0.25, 0.3) is 5.91 Å². The number of ether oxygens (including phenoxy) is 1. The number of imidazole rings is 1. The quantitative estimate of drug-likeness (QED) is 0.597. The largest absolute Gasteiger partial charge is 0.497 e. The van der Waals surface area contributed by atoms with Crippen LogP contribution in [0.4, 0.5) is 5.69 Å². The van der Waals surface area contributed by atoms with Gasteiger partial charge in [0.15, 0.2) is 4.96 Å². The van der Waals surface area contributed by atoms with E-state index in [2.05, 4.69) is 10.3 Å². The third-order valence-corrected chi connectivity index (χ3v) is 4.61. The molecule has 0 atom stereocenters. The highest BCUT2D eigenvalue weighted by Gasteiger charge is 2.09. The number of aromatic nitrogens is 2. The van der Waals surface area contributed by atoms with Gasteiger partial charge in [-0.05, 0) is 30.3 Å². The summed E-state index contributed by atoms with van der Waals surface area (Å²) in [5.74, 6) is 0.473. The van der Waals surface area contributed by atoms with Gasteiger partial charge in [-0.2, -0.15) is 0 Å². The topological polar surface area (TPSA) is 55.6 Å². The molecule has 0 aliphatic rings. The summed E-state index contributed by atoms with van der Waals surface area (Å²) in [6, 6.07) is 14.7. The fourth-order valence-electron chi connectivity index (χ4n) is 2.59. The average molecular weight is 349 g/mol. The summed E-state index contributed by atoms with van der Waals surface area (Å²) in [5, 5.41) is 4.92. The molecule has 6 heteroatoms. The Morgan fingerprint density at radius 1 is 1.20 bits per heavy atom. The molecule has 1 amide bonds. The first-order valence-electron chi connectivity index (χ1n) is 7.71. The number of anilines is 1. The number of thiazole rings is 1. The normalized spacial score (nSPS) is 10.8. The molecule has 2 aromatic heterocycles. The third kappa shape index (κ3) is 3.12. The fourth-order valence-corrected chi connectivity index (χ4v) is 3.29. The summed E-state index contributed by atoms with van der Waals surface area (Å²) < 4.78 is 7.15. The van der Waals surface area contributed by atoms with E-state index in [1.54, 1.807) is 36.6 Å². The van der Waals surface area contributed by atoms with Crippen LogP contribution in [0.25, 0.3) is 16.2 Å². The van der Waals surface area contributed by atoms with E-state index in [1.165, 1.54) is 0 Å². The second-order valence-electron chi connectivity index (χ2n) is 5.49. The van der Waals surface area contributed by atoms with Crippen molar-refractivity contribution in [3.63, 3.8) is 0 Å². The van der Waals surface area contributed by atoms with Gasteiger partial charge in [0.1, 0.15) is 5.75 Å². The Hall–Kier alpha value is -3.12. The van der Waals surface area contributed by atoms with Crippen LogP contribution in [0.3, 0.4) is 0 Å². The number of hydrogen-bond acceptors (Lipinski definition) is 4. The molecule has 0 bridgehead atoms. The van der Waals surface area contributed by atoms with Gasteiger partial charge in [-0.25, -0.2) is 4.98 Å². The number of nitrogens with one attached hydrogen (secondary N) is 1. The zero-order valence-corrected chi connectivity index (χ0v) is 14.3. The summed E-state index contributed by atoms with van der Waals surface area (Å²) in [5.41, 5.74) is 3.11. The SMILES string of the molecule is COc1cccc(C(=O)Nc2cccc(-c3cn4ccsc4n3)c2)c1. The molecule has 124 valence electrons. The van der Waals surface area contributed by atoms with E-state index in [0.717, 1.165) is 21.9 Å². The van der Waals surface area contributed by atoms with Crippen LogP contribution < -0.4 is 10.1 Å². The molecule has 0 saturated carbocycles. The Morgan fingerprint density at radius 3 is 2.92 bits per heavy atom. The Morgan fingerprint density at radius 2 is 2.08 bits per heavy atom. The van der Waals surface area contributed by atoms with Crippen molar-refractivity contribution in [2.24, 2.45) is 0 Å². The van der Waals surface area contributed by atoms with Crippen molar-refractivity contribution in [2.45, 2.75) is 0 Å². The zero-order chi connectivity index (χ0) is 17.2. The molecule has 25 heavy (non-hydrogen) atoms. The van der Waals surface area contributed by atoms with E-state index in [9.17, 15) is 4.79 Å². The van der Waals surface area contributed by atoms with E-state index < -0.39 is 0 Å². The van der Waals surface area contributed by atoms with Crippen LogP contribution in [0.2, 0.25) is 0 Å². The molecule has 0 saturated heterocycles. The minimum absolute atomic E-state index is 0.179. The number of methoxy groups -OCH3 is 1. The maximum atomic E-state index is 12.4. The molecule has 0 fully saturated rings. The highest BCUT2D eigenvalue weighted by Crippen LogP contribution is 2.24.